The number of carbonyl (C=O) groups is 1. The summed E-state index contributed by atoms with van der Waals surface area (Å²) in [7, 11) is 0. The maximum atomic E-state index is 11.8. The van der Waals surface area contributed by atoms with Gasteiger partial charge in [-0.3, -0.25) is 10.1 Å². The number of nitrogens with zero attached hydrogens (tertiary/aromatic N) is 1. The van der Waals surface area contributed by atoms with E-state index in [4.69, 9.17) is 16.3 Å². The molecule has 0 saturated carbocycles. The van der Waals surface area contributed by atoms with Crippen molar-refractivity contribution in [3.05, 3.63) is 38.9 Å². The second kappa shape index (κ2) is 7.09. The minimum atomic E-state index is -0.711. The minimum absolute atomic E-state index is 0.110. The lowest BCUT2D eigenvalue weighted by atomic mass is 10.1. The molecule has 1 aromatic carbocycles. The Hall–Kier alpha value is -1.62. The lowest BCUT2D eigenvalue weighted by Gasteiger charge is -2.11. The Kier molecular flexibility index (Phi) is 5.76. The largest absolute Gasteiger partial charge is 0.462 e. The predicted molar refractivity (Wildman–Crippen MR) is 72.5 cm³/mol. The van der Waals surface area contributed by atoms with Crippen LogP contribution in [-0.4, -0.2) is 17.5 Å². The molecule has 0 heterocycles. The van der Waals surface area contributed by atoms with Crippen molar-refractivity contribution in [2.45, 2.75) is 26.7 Å². The Morgan fingerprint density at radius 2 is 2.21 bits per heavy atom. The SMILES string of the molecule is CCCC(C)COC(=O)c1cc(Cl)ccc1[N+](=O)[O-]. The standard InChI is InChI=1S/C13H16ClNO4/c1-3-4-9(2)8-19-13(16)11-7-10(14)5-6-12(11)15(17)18/h5-7,9H,3-4,8H2,1-2H3. The summed E-state index contributed by atoms with van der Waals surface area (Å²) in [5.74, 6) is -0.482. The quantitative estimate of drug-likeness (QED) is 0.452. The minimum Gasteiger partial charge on any atom is -0.462 e. The number of ether oxygens (including phenoxy) is 1. The molecular weight excluding hydrogens is 270 g/mol. The monoisotopic (exact) mass is 285 g/mol. The normalized spacial score (nSPS) is 11.9. The smallest absolute Gasteiger partial charge is 0.345 e. The number of benzene rings is 1. The van der Waals surface area contributed by atoms with Crippen LogP contribution in [0.2, 0.25) is 5.02 Å². The first-order chi connectivity index (χ1) is 8.95. The van der Waals surface area contributed by atoms with Crippen LogP contribution in [-0.2, 0) is 4.74 Å². The van der Waals surface area contributed by atoms with Crippen molar-refractivity contribution in [1.29, 1.82) is 0 Å². The van der Waals surface area contributed by atoms with E-state index in [1.165, 1.54) is 18.2 Å². The Bertz CT molecular complexity index is 476. The van der Waals surface area contributed by atoms with Crippen molar-refractivity contribution in [2.24, 2.45) is 5.92 Å². The molecule has 0 saturated heterocycles. The summed E-state index contributed by atoms with van der Waals surface area (Å²) < 4.78 is 5.09. The fourth-order valence-electron chi connectivity index (χ4n) is 1.70. The van der Waals surface area contributed by atoms with Gasteiger partial charge < -0.3 is 4.74 Å². The molecule has 5 nitrogen and oxygen atoms in total. The summed E-state index contributed by atoms with van der Waals surface area (Å²) in [6.07, 6.45) is 1.93. The van der Waals surface area contributed by atoms with E-state index in [2.05, 4.69) is 0 Å². The number of halogens is 1. The first-order valence-electron chi connectivity index (χ1n) is 6.06. The maximum absolute atomic E-state index is 11.8. The number of esters is 1. The molecule has 0 amide bonds. The third-order valence-corrected chi connectivity index (χ3v) is 2.89. The van der Waals surface area contributed by atoms with E-state index in [-0.39, 0.29) is 28.8 Å². The molecule has 0 aliphatic heterocycles. The molecule has 0 aliphatic carbocycles. The van der Waals surface area contributed by atoms with Gasteiger partial charge in [0.05, 0.1) is 11.5 Å². The fourth-order valence-corrected chi connectivity index (χ4v) is 1.87. The molecule has 0 N–H and O–H groups in total. The highest BCUT2D eigenvalue weighted by molar-refractivity contribution is 6.31. The van der Waals surface area contributed by atoms with Crippen molar-refractivity contribution >= 4 is 23.3 Å². The van der Waals surface area contributed by atoms with Crippen LogP contribution in [0, 0.1) is 16.0 Å². The molecule has 0 aliphatic rings. The van der Waals surface area contributed by atoms with Crippen LogP contribution in [0.4, 0.5) is 5.69 Å². The van der Waals surface area contributed by atoms with Crippen molar-refractivity contribution < 1.29 is 14.5 Å². The number of nitro groups is 1. The second-order valence-corrected chi connectivity index (χ2v) is 4.85. The molecule has 0 fully saturated rings. The molecule has 0 aromatic heterocycles. The number of carbonyl (C=O) groups excluding carboxylic acids is 1. The van der Waals surface area contributed by atoms with Crippen LogP contribution in [0.25, 0.3) is 0 Å². The van der Waals surface area contributed by atoms with Crippen LogP contribution in [0.15, 0.2) is 18.2 Å². The van der Waals surface area contributed by atoms with E-state index < -0.39 is 10.9 Å². The van der Waals surface area contributed by atoms with Gasteiger partial charge in [-0.1, -0.05) is 31.9 Å². The fraction of sp³-hybridized carbons (Fsp3) is 0.462. The molecule has 6 heteroatoms. The van der Waals surface area contributed by atoms with Crippen molar-refractivity contribution in [1.82, 2.24) is 0 Å². The van der Waals surface area contributed by atoms with Crippen LogP contribution in [0.3, 0.4) is 0 Å². The Morgan fingerprint density at radius 3 is 2.79 bits per heavy atom. The summed E-state index contributed by atoms with van der Waals surface area (Å²) in [5, 5.41) is 11.1. The first kappa shape index (κ1) is 15.4. The van der Waals surface area contributed by atoms with E-state index >= 15 is 0 Å². The van der Waals surface area contributed by atoms with Gasteiger partial charge in [-0.25, -0.2) is 4.79 Å². The van der Waals surface area contributed by atoms with Gasteiger partial charge in [-0.05, 0) is 24.5 Å². The molecular formula is C13H16ClNO4. The van der Waals surface area contributed by atoms with Gasteiger partial charge in [0.15, 0.2) is 0 Å². The summed E-state index contributed by atoms with van der Waals surface area (Å²) in [6, 6.07) is 3.83. The van der Waals surface area contributed by atoms with Gasteiger partial charge in [0.2, 0.25) is 0 Å². The second-order valence-electron chi connectivity index (χ2n) is 4.41. The summed E-state index contributed by atoms with van der Waals surface area (Å²) >= 11 is 5.75. The van der Waals surface area contributed by atoms with E-state index in [1.807, 2.05) is 13.8 Å². The molecule has 19 heavy (non-hydrogen) atoms. The zero-order valence-electron chi connectivity index (χ0n) is 10.9. The summed E-state index contributed by atoms with van der Waals surface area (Å²) in [6.45, 7) is 4.25. The van der Waals surface area contributed by atoms with Gasteiger partial charge in [0.25, 0.3) is 5.69 Å². The number of rotatable bonds is 6. The summed E-state index contributed by atoms with van der Waals surface area (Å²) in [5.41, 5.74) is -0.404. The van der Waals surface area contributed by atoms with Crippen LogP contribution in [0.1, 0.15) is 37.0 Å². The molecule has 0 bridgehead atoms. The van der Waals surface area contributed by atoms with Crippen molar-refractivity contribution in [2.75, 3.05) is 6.61 Å². The zero-order valence-corrected chi connectivity index (χ0v) is 11.6. The molecule has 1 atom stereocenters. The van der Waals surface area contributed by atoms with E-state index in [9.17, 15) is 14.9 Å². The maximum Gasteiger partial charge on any atom is 0.345 e. The molecule has 1 unspecified atom stereocenters. The highest BCUT2D eigenvalue weighted by Gasteiger charge is 2.22. The number of hydrogen-bond acceptors (Lipinski definition) is 4. The molecule has 0 spiro atoms. The van der Waals surface area contributed by atoms with Gasteiger partial charge in [-0.15, -0.1) is 0 Å². The summed E-state index contributed by atoms with van der Waals surface area (Å²) in [4.78, 5) is 22.1. The van der Waals surface area contributed by atoms with Crippen molar-refractivity contribution in [3.63, 3.8) is 0 Å². The van der Waals surface area contributed by atoms with Gasteiger partial charge in [0.1, 0.15) is 5.56 Å². The first-order valence-corrected chi connectivity index (χ1v) is 6.44. The van der Waals surface area contributed by atoms with Crippen LogP contribution in [0.5, 0.6) is 0 Å². The van der Waals surface area contributed by atoms with Crippen LogP contribution < -0.4 is 0 Å². The average molecular weight is 286 g/mol. The lowest BCUT2D eigenvalue weighted by Crippen LogP contribution is -2.13. The Balaban J connectivity index is 2.81. The highest BCUT2D eigenvalue weighted by Crippen LogP contribution is 2.23. The van der Waals surface area contributed by atoms with E-state index in [0.29, 0.717) is 0 Å². The molecule has 104 valence electrons. The Morgan fingerprint density at radius 1 is 1.53 bits per heavy atom. The van der Waals surface area contributed by atoms with Gasteiger partial charge >= 0.3 is 5.97 Å². The van der Waals surface area contributed by atoms with Gasteiger partial charge in [0, 0.05) is 11.1 Å². The highest BCUT2D eigenvalue weighted by atomic mass is 35.5. The predicted octanol–water partition coefficient (Wildman–Crippen LogP) is 3.84. The lowest BCUT2D eigenvalue weighted by molar-refractivity contribution is -0.385. The topological polar surface area (TPSA) is 69.4 Å². The zero-order chi connectivity index (χ0) is 14.4. The third kappa shape index (κ3) is 4.52. The third-order valence-electron chi connectivity index (χ3n) is 2.66. The Labute approximate surface area is 116 Å². The van der Waals surface area contributed by atoms with Crippen LogP contribution >= 0.6 is 11.6 Å². The number of hydrogen-bond donors (Lipinski definition) is 0. The number of nitro benzene ring substituents is 1. The molecule has 1 rings (SSSR count). The molecule has 1 aromatic rings. The van der Waals surface area contributed by atoms with Crippen molar-refractivity contribution in [3.8, 4) is 0 Å². The van der Waals surface area contributed by atoms with Gasteiger partial charge in [-0.2, -0.15) is 0 Å². The van der Waals surface area contributed by atoms with E-state index in [1.54, 1.807) is 0 Å². The average Bonchev–Trinajstić information content (AvgIpc) is 2.35. The molecule has 0 radical (unpaired) electrons. The van der Waals surface area contributed by atoms with E-state index in [0.717, 1.165) is 12.8 Å².